The van der Waals surface area contributed by atoms with Crippen molar-refractivity contribution < 1.29 is 19.0 Å². The lowest BCUT2D eigenvalue weighted by Gasteiger charge is -2.33. The number of esters is 1. The zero-order valence-electron chi connectivity index (χ0n) is 12.8. The lowest BCUT2D eigenvalue weighted by molar-refractivity contribution is -0.151. The highest BCUT2D eigenvalue weighted by Crippen LogP contribution is 2.43. The van der Waals surface area contributed by atoms with Crippen LogP contribution in [0.25, 0.3) is 0 Å². The fourth-order valence-electron chi connectivity index (χ4n) is 2.58. The van der Waals surface area contributed by atoms with Gasteiger partial charge in [-0.25, -0.2) is 4.79 Å². The molecule has 1 fully saturated rings. The summed E-state index contributed by atoms with van der Waals surface area (Å²) in [5, 5.41) is 3.33. The molecule has 0 bridgehead atoms. The Balaban J connectivity index is 2.32. The van der Waals surface area contributed by atoms with E-state index in [1.54, 1.807) is 14.2 Å². The number of nitrogens with one attached hydrogen (secondary N) is 1. The van der Waals surface area contributed by atoms with Gasteiger partial charge in [0.15, 0.2) is 5.54 Å². The van der Waals surface area contributed by atoms with E-state index in [0.29, 0.717) is 12.4 Å². The molecule has 5 heteroatoms. The minimum atomic E-state index is -0.848. The van der Waals surface area contributed by atoms with Gasteiger partial charge in [0.1, 0.15) is 5.75 Å². The third kappa shape index (κ3) is 3.29. The number of hydrogen-bond donors (Lipinski definition) is 1. The molecule has 1 atom stereocenters. The first kappa shape index (κ1) is 15.6. The molecule has 0 heterocycles. The maximum Gasteiger partial charge on any atom is 0.334 e. The van der Waals surface area contributed by atoms with E-state index < -0.39 is 5.54 Å². The second-order valence-corrected chi connectivity index (χ2v) is 5.22. The maximum absolute atomic E-state index is 12.5. The van der Waals surface area contributed by atoms with Crippen LogP contribution in [0.1, 0.15) is 19.8 Å². The molecule has 1 N–H and O–H groups in total. The second kappa shape index (κ2) is 6.80. The van der Waals surface area contributed by atoms with Crippen LogP contribution < -0.4 is 10.1 Å². The van der Waals surface area contributed by atoms with Crippen molar-refractivity contribution in [3.63, 3.8) is 0 Å². The molecule has 1 unspecified atom stereocenters. The number of para-hydroxylation sites is 2. The third-order valence-electron chi connectivity index (χ3n) is 3.75. The standard InChI is InChI=1S/C16H23NO4/c1-4-21-15(18)16(11-19-2,12-9-10-12)17-13-7-5-6-8-14(13)20-3/h5-8,12,17H,4,9-11H2,1-3H3. The zero-order valence-corrected chi connectivity index (χ0v) is 12.8. The molecule has 1 aliphatic carbocycles. The first-order valence-corrected chi connectivity index (χ1v) is 7.25. The van der Waals surface area contributed by atoms with Gasteiger partial charge in [0.05, 0.1) is 26.0 Å². The van der Waals surface area contributed by atoms with Gasteiger partial charge in [-0.1, -0.05) is 12.1 Å². The predicted molar refractivity (Wildman–Crippen MR) is 80.6 cm³/mol. The van der Waals surface area contributed by atoms with E-state index in [9.17, 15) is 4.79 Å². The monoisotopic (exact) mass is 293 g/mol. The Labute approximate surface area is 125 Å². The van der Waals surface area contributed by atoms with Gasteiger partial charge in [-0.3, -0.25) is 0 Å². The molecule has 1 saturated carbocycles. The molecule has 0 saturated heterocycles. The van der Waals surface area contributed by atoms with Crippen LogP contribution in [0.15, 0.2) is 24.3 Å². The largest absolute Gasteiger partial charge is 0.495 e. The van der Waals surface area contributed by atoms with Crippen molar-refractivity contribution >= 4 is 11.7 Å². The van der Waals surface area contributed by atoms with Crippen LogP contribution in [-0.2, 0) is 14.3 Å². The van der Waals surface area contributed by atoms with Crippen LogP contribution in [-0.4, -0.2) is 38.9 Å². The number of rotatable bonds is 8. The molecule has 2 rings (SSSR count). The van der Waals surface area contributed by atoms with Crippen LogP contribution >= 0.6 is 0 Å². The minimum Gasteiger partial charge on any atom is -0.495 e. The summed E-state index contributed by atoms with van der Waals surface area (Å²) in [4.78, 5) is 12.5. The molecule has 5 nitrogen and oxygen atoms in total. The van der Waals surface area contributed by atoms with Crippen molar-refractivity contribution in [2.75, 3.05) is 32.8 Å². The highest BCUT2D eigenvalue weighted by Gasteiger charge is 2.52. The summed E-state index contributed by atoms with van der Waals surface area (Å²) in [5.74, 6) is 0.657. The van der Waals surface area contributed by atoms with Gasteiger partial charge in [0.2, 0.25) is 0 Å². The van der Waals surface area contributed by atoms with Gasteiger partial charge in [-0.05, 0) is 37.8 Å². The lowest BCUT2D eigenvalue weighted by atomic mass is 9.93. The Morgan fingerprint density at radius 1 is 1.33 bits per heavy atom. The minimum absolute atomic E-state index is 0.224. The topological polar surface area (TPSA) is 56.8 Å². The van der Waals surface area contributed by atoms with Crippen molar-refractivity contribution in [2.45, 2.75) is 25.3 Å². The number of hydrogen-bond acceptors (Lipinski definition) is 5. The molecule has 0 aliphatic heterocycles. The Kier molecular flexibility index (Phi) is 5.07. The van der Waals surface area contributed by atoms with E-state index in [1.165, 1.54) is 0 Å². The molecule has 1 aromatic carbocycles. The quantitative estimate of drug-likeness (QED) is 0.746. The fraction of sp³-hybridized carbons (Fsp3) is 0.562. The average molecular weight is 293 g/mol. The van der Waals surface area contributed by atoms with E-state index in [4.69, 9.17) is 14.2 Å². The Morgan fingerprint density at radius 3 is 2.62 bits per heavy atom. The van der Waals surface area contributed by atoms with E-state index in [0.717, 1.165) is 18.5 Å². The van der Waals surface area contributed by atoms with Crippen LogP contribution in [0.5, 0.6) is 5.75 Å². The van der Waals surface area contributed by atoms with Gasteiger partial charge in [-0.15, -0.1) is 0 Å². The Bertz CT molecular complexity index is 487. The summed E-state index contributed by atoms with van der Waals surface area (Å²) in [6, 6.07) is 7.55. The molecule has 21 heavy (non-hydrogen) atoms. The second-order valence-electron chi connectivity index (χ2n) is 5.22. The average Bonchev–Trinajstić information content (AvgIpc) is 3.32. The first-order chi connectivity index (χ1) is 10.2. The third-order valence-corrected chi connectivity index (χ3v) is 3.75. The van der Waals surface area contributed by atoms with Gasteiger partial charge in [0.25, 0.3) is 0 Å². The summed E-state index contributed by atoms with van der Waals surface area (Å²) in [6.07, 6.45) is 1.98. The number of methoxy groups -OCH3 is 2. The number of ether oxygens (including phenoxy) is 3. The summed E-state index contributed by atoms with van der Waals surface area (Å²) < 4.78 is 16.0. The number of carbonyl (C=O) groups excluding carboxylic acids is 1. The van der Waals surface area contributed by atoms with Gasteiger partial charge in [-0.2, -0.15) is 0 Å². The Morgan fingerprint density at radius 2 is 2.05 bits per heavy atom. The summed E-state index contributed by atoms with van der Waals surface area (Å²) in [5.41, 5.74) is -0.0728. The van der Waals surface area contributed by atoms with Gasteiger partial charge in [0, 0.05) is 7.11 Å². The molecular formula is C16H23NO4. The van der Waals surface area contributed by atoms with Crippen molar-refractivity contribution in [1.82, 2.24) is 0 Å². The SMILES string of the molecule is CCOC(=O)C(COC)(Nc1ccccc1OC)C1CC1. The first-order valence-electron chi connectivity index (χ1n) is 7.25. The van der Waals surface area contributed by atoms with E-state index in [2.05, 4.69) is 5.32 Å². The van der Waals surface area contributed by atoms with E-state index in [-0.39, 0.29) is 18.5 Å². The van der Waals surface area contributed by atoms with Gasteiger partial charge < -0.3 is 19.5 Å². The van der Waals surface area contributed by atoms with Crippen molar-refractivity contribution in [3.8, 4) is 5.75 Å². The fourth-order valence-corrected chi connectivity index (χ4v) is 2.58. The molecular weight excluding hydrogens is 270 g/mol. The molecule has 116 valence electrons. The normalized spacial score (nSPS) is 16.9. The molecule has 0 radical (unpaired) electrons. The summed E-state index contributed by atoms with van der Waals surface area (Å²) in [7, 11) is 3.21. The smallest absolute Gasteiger partial charge is 0.334 e. The van der Waals surface area contributed by atoms with E-state index >= 15 is 0 Å². The van der Waals surface area contributed by atoms with Crippen LogP contribution in [0.2, 0.25) is 0 Å². The van der Waals surface area contributed by atoms with E-state index in [1.807, 2.05) is 31.2 Å². The molecule has 1 aromatic rings. The van der Waals surface area contributed by atoms with Crippen LogP contribution in [0, 0.1) is 5.92 Å². The van der Waals surface area contributed by atoms with Gasteiger partial charge >= 0.3 is 5.97 Å². The highest BCUT2D eigenvalue weighted by molar-refractivity contribution is 5.86. The van der Waals surface area contributed by atoms with Crippen LogP contribution in [0.3, 0.4) is 0 Å². The zero-order chi connectivity index (χ0) is 15.3. The number of carbonyl (C=O) groups is 1. The van der Waals surface area contributed by atoms with Crippen molar-refractivity contribution in [2.24, 2.45) is 5.92 Å². The molecule has 0 aromatic heterocycles. The molecule has 0 spiro atoms. The molecule has 1 aliphatic rings. The van der Waals surface area contributed by atoms with Crippen LogP contribution in [0.4, 0.5) is 5.69 Å². The number of benzene rings is 1. The van der Waals surface area contributed by atoms with Crippen molar-refractivity contribution in [3.05, 3.63) is 24.3 Å². The molecule has 0 amide bonds. The number of anilines is 1. The lowest BCUT2D eigenvalue weighted by Crippen LogP contribution is -2.53. The Hall–Kier alpha value is -1.75. The summed E-state index contributed by atoms with van der Waals surface area (Å²) in [6.45, 7) is 2.44. The predicted octanol–water partition coefficient (Wildman–Crippen LogP) is 2.47. The van der Waals surface area contributed by atoms with Crippen molar-refractivity contribution in [1.29, 1.82) is 0 Å². The summed E-state index contributed by atoms with van der Waals surface area (Å²) >= 11 is 0. The maximum atomic E-state index is 12.5. The highest BCUT2D eigenvalue weighted by atomic mass is 16.5.